The lowest BCUT2D eigenvalue weighted by molar-refractivity contribution is 0.137. The van der Waals surface area contributed by atoms with Gasteiger partial charge < -0.3 is 14.4 Å². The SMILES string of the molecule is CCN(CC)C(=O)N1CCC(n2cnc3cc(C)ccc32)CC1. The highest BCUT2D eigenvalue weighted by Gasteiger charge is 2.26. The lowest BCUT2D eigenvalue weighted by Crippen LogP contribution is -2.46. The van der Waals surface area contributed by atoms with Crippen molar-refractivity contribution in [3.05, 3.63) is 30.1 Å². The first-order valence-corrected chi connectivity index (χ1v) is 8.61. The lowest BCUT2D eigenvalue weighted by atomic mass is 10.0. The Morgan fingerprint density at radius 1 is 1.26 bits per heavy atom. The number of carbonyl (C=O) groups is 1. The largest absolute Gasteiger partial charge is 0.327 e. The molecule has 1 fully saturated rings. The Morgan fingerprint density at radius 3 is 2.61 bits per heavy atom. The van der Waals surface area contributed by atoms with Gasteiger partial charge in [0.05, 0.1) is 17.4 Å². The van der Waals surface area contributed by atoms with Crippen LogP contribution in [0.25, 0.3) is 11.0 Å². The van der Waals surface area contributed by atoms with E-state index in [1.165, 1.54) is 11.1 Å². The molecule has 0 spiro atoms. The summed E-state index contributed by atoms with van der Waals surface area (Å²) in [6.07, 6.45) is 3.94. The molecule has 0 saturated carbocycles. The normalized spacial score (nSPS) is 16.0. The average Bonchev–Trinajstić information content (AvgIpc) is 2.99. The topological polar surface area (TPSA) is 41.4 Å². The molecule has 2 amide bonds. The van der Waals surface area contributed by atoms with Crippen LogP contribution in [0.5, 0.6) is 0 Å². The second kappa shape index (κ2) is 6.60. The van der Waals surface area contributed by atoms with Crippen LogP contribution in [0, 0.1) is 6.92 Å². The van der Waals surface area contributed by atoms with Crippen LogP contribution < -0.4 is 0 Å². The van der Waals surface area contributed by atoms with Gasteiger partial charge in [-0.3, -0.25) is 0 Å². The lowest BCUT2D eigenvalue weighted by Gasteiger charge is -2.35. The van der Waals surface area contributed by atoms with E-state index in [9.17, 15) is 4.79 Å². The number of imidazole rings is 1. The Hall–Kier alpha value is -2.04. The van der Waals surface area contributed by atoms with Crippen molar-refractivity contribution in [1.29, 1.82) is 0 Å². The maximum absolute atomic E-state index is 12.4. The van der Waals surface area contributed by atoms with E-state index in [0.717, 1.165) is 44.5 Å². The number of amides is 2. The molecule has 0 atom stereocenters. The van der Waals surface area contributed by atoms with Crippen LogP contribution in [0.3, 0.4) is 0 Å². The van der Waals surface area contributed by atoms with E-state index >= 15 is 0 Å². The van der Waals surface area contributed by atoms with Crippen LogP contribution in [0.15, 0.2) is 24.5 Å². The first-order valence-electron chi connectivity index (χ1n) is 8.61. The van der Waals surface area contributed by atoms with Gasteiger partial charge >= 0.3 is 6.03 Å². The summed E-state index contributed by atoms with van der Waals surface area (Å²) in [4.78, 5) is 20.9. The zero-order valence-electron chi connectivity index (χ0n) is 14.3. The van der Waals surface area contributed by atoms with E-state index in [2.05, 4.69) is 34.7 Å². The first-order chi connectivity index (χ1) is 11.1. The minimum Gasteiger partial charge on any atom is -0.327 e. The van der Waals surface area contributed by atoms with Crippen molar-refractivity contribution in [1.82, 2.24) is 19.4 Å². The molecule has 0 radical (unpaired) electrons. The molecular weight excluding hydrogens is 288 g/mol. The number of urea groups is 1. The van der Waals surface area contributed by atoms with Crippen molar-refractivity contribution in [3.63, 3.8) is 0 Å². The third-order valence-corrected chi connectivity index (χ3v) is 4.89. The van der Waals surface area contributed by atoms with Gasteiger partial charge in [-0.25, -0.2) is 9.78 Å². The van der Waals surface area contributed by atoms with Gasteiger partial charge in [0.15, 0.2) is 0 Å². The van der Waals surface area contributed by atoms with Gasteiger partial charge in [-0.05, 0) is 51.3 Å². The highest BCUT2D eigenvalue weighted by Crippen LogP contribution is 2.27. The van der Waals surface area contributed by atoms with Gasteiger partial charge in [0.25, 0.3) is 0 Å². The third kappa shape index (κ3) is 3.05. The predicted octanol–water partition coefficient (Wildman–Crippen LogP) is 3.44. The number of aromatic nitrogens is 2. The standard InChI is InChI=1S/C18H26N4O/c1-4-20(5-2)18(23)21-10-8-15(9-11-21)22-13-19-16-12-14(3)6-7-17(16)22/h6-7,12-13,15H,4-5,8-11H2,1-3H3. The number of fused-ring (bicyclic) bond motifs is 1. The van der Waals surface area contributed by atoms with Gasteiger partial charge in [0, 0.05) is 32.2 Å². The second-order valence-electron chi connectivity index (χ2n) is 6.32. The van der Waals surface area contributed by atoms with Crippen LogP contribution in [0.1, 0.15) is 38.3 Å². The number of likely N-dealkylation sites (tertiary alicyclic amines) is 1. The number of hydrogen-bond donors (Lipinski definition) is 0. The third-order valence-electron chi connectivity index (χ3n) is 4.89. The van der Waals surface area contributed by atoms with E-state index in [1.807, 2.05) is 30.0 Å². The summed E-state index contributed by atoms with van der Waals surface area (Å²) in [5, 5.41) is 0. The van der Waals surface area contributed by atoms with E-state index < -0.39 is 0 Å². The number of rotatable bonds is 3. The molecule has 2 aromatic rings. The van der Waals surface area contributed by atoms with Gasteiger partial charge in [-0.1, -0.05) is 6.07 Å². The molecule has 5 heteroatoms. The van der Waals surface area contributed by atoms with E-state index in [4.69, 9.17) is 0 Å². The number of carbonyl (C=O) groups excluding carboxylic acids is 1. The maximum atomic E-state index is 12.4. The van der Waals surface area contributed by atoms with Gasteiger partial charge in [-0.2, -0.15) is 0 Å². The predicted molar refractivity (Wildman–Crippen MR) is 92.6 cm³/mol. The summed E-state index contributed by atoms with van der Waals surface area (Å²) in [6, 6.07) is 7.04. The van der Waals surface area contributed by atoms with Crippen molar-refractivity contribution >= 4 is 17.1 Å². The summed E-state index contributed by atoms with van der Waals surface area (Å²) in [5.41, 5.74) is 3.50. The Labute approximate surface area is 137 Å². The molecule has 3 rings (SSSR count). The minimum atomic E-state index is 0.180. The summed E-state index contributed by atoms with van der Waals surface area (Å²) >= 11 is 0. The molecule has 5 nitrogen and oxygen atoms in total. The zero-order valence-corrected chi connectivity index (χ0v) is 14.3. The molecule has 1 aliphatic heterocycles. The fraction of sp³-hybridized carbons (Fsp3) is 0.556. The fourth-order valence-electron chi connectivity index (χ4n) is 3.46. The smallest absolute Gasteiger partial charge is 0.319 e. The quantitative estimate of drug-likeness (QED) is 0.871. The number of hydrogen-bond acceptors (Lipinski definition) is 2. The van der Waals surface area contributed by atoms with Crippen molar-refractivity contribution in [3.8, 4) is 0 Å². The van der Waals surface area contributed by atoms with E-state index in [-0.39, 0.29) is 6.03 Å². The number of piperidine rings is 1. The van der Waals surface area contributed by atoms with Crippen molar-refractivity contribution in [2.45, 2.75) is 39.7 Å². The molecule has 2 heterocycles. The molecule has 1 aromatic carbocycles. The maximum Gasteiger partial charge on any atom is 0.319 e. The molecule has 124 valence electrons. The van der Waals surface area contributed by atoms with Crippen LogP contribution >= 0.6 is 0 Å². The fourth-order valence-corrected chi connectivity index (χ4v) is 3.46. The van der Waals surface area contributed by atoms with Crippen LogP contribution in [-0.4, -0.2) is 51.6 Å². The number of nitrogens with zero attached hydrogens (tertiary/aromatic N) is 4. The second-order valence-corrected chi connectivity index (χ2v) is 6.32. The van der Waals surface area contributed by atoms with Crippen LogP contribution in [0.2, 0.25) is 0 Å². The zero-order chi connectivity index (χ0) is 16.4. The Morgan fingerprint density at radius 2 is 1.96 bits per heavy atom. The van der Waals surface area contributed by atoms with Gasteiger partial charge in [-0.15, -0.1) is 0 Å². The average molecular weight is 314 g/mol. The molecule has 1 saturated heterocycles. The molecule has 0 bridgehead atoms. The monoisotopic (exact) mass is 314 g/mol. The van der Waals surface area contributed by atoms with Crippen LogP contribution in [-0.2, 0) is 0 Å². The van der Waals surface area contributed by atoms with E-state index in [1.54, 1.807) is 0 Å². The highest BCUT2D eigenvalue weighted by atomic mass is 16.2. The van der Waals surface area contributed by atoms with E-state index in [0.29, 0.717) is 6.04 Å². The Balaban J connectivity index is 1.70. The number of aryl methyl sites for hydroxylation is 1. The first kappa shape index (κ1) is 15.8. The number of benzene rings is 1. The summed E-state index contributed by atoms with van der Waals surface area (Å²) < 4.78 is 2.29. The minimum absolute atomic E-state index is 0.180. The van der Waals surface area contributed by atoms with Crippen molar-refractivity contribution in [2.75, 3.05) is 26.2 Å². The molecule has 0 N–H and O–H groups in total. The van der Waals surface area contributed by atoms with Crippen molar-refractivity contribution < 1.29 is 4.79 Å². The molecule has 1 aliphatic rings. The molecular formula is C18H26N4O. The van der Waals surface area contributed by atoms with Crippen molar-refractivity contribution in [2.24, 2.45) is 0 Å². The van der Waals surface area contributed by atoms with Crippen LogP contribution in [0.4, 0.5) is 4.79 Å². The molecule has 1 aromatic heterocycles. The summed E-state index contributed by atoms with van der Waals surface area (Å²) in [5.74, 6) is 0. The van der Waals surface area contributed by atoms with Gasteiger partial charge in [0.1, 0.15) is 0 Å². The summed E-state index contributed by atoms with van der Waals surface area (Å²) in [7, 11) is 0. The molecule has 0 aliphatic carbocycles. The molecule has 23 heavy (non-hydrogen) atoms. The highest BCUT2D eigenvalue weighted by molar-refractivity contribution is 5.76. The molecule has 0 unspecified atom stereocenters. The van der Waals surface area contributed by atoms with Gasteiger partial charge in [0.2, 0.25) is 0 Å². The Bertz CT molecular complexity index is 681. The Kier molecular flexibility index (Phi) is 4.55. The summed E-state index contributed by atoms with van der Waals surface area (Å²) in [6.45, 7) is 9.37.